The third-order valence-electron chi connectivity index (χ3n) is 5.29. The van der Waals surface area contributed by atoms with Gasteiger partial charge in [-0.05, 0) is 63.0 Å². The van der Waals surface area contributed by atoms with Crippen LogP contribution in [-0.4, -0.2) is 29.7 Å². The van der Waals surface area contributed by atoms with Crippen molar-refractivity contribution in [2.75, 3.05) is 13.1 Å². The van der Waals surface area contributed by atoms with E-state index in [1.165, 1.54) is 5.56 Å². The number of ether oxygens (including phenoxy) is 1. The molecule has 0 bridgehead atoms. The SMILES string of the molecule is CC(C)(C)OC(=O)N1CCC2(CCC(N=O)c3ccccc32)CC1. The number of rotatable bonds is 1. The summed E-state index contributed by atoms with van der Waals surface area (Å²) in [6, 6.07) is 7.95. The molecule has 0 aromatic heterocycles. The number of likely N-dealkylation sites (tertiary alicyclic amines) is 1. The molecule has 0 radical (unpaired) electrons. The molecular formula is C19H26N2O3. The van der Waals surface area contributed by atoms with Gasteiger partial charge in [-0.3, -0.25) is 0 Å². The third kappa shape index (κ3) is 3.17. The molecule has 24 heavy (non-hydrogen) atoms. The largest absolute Gasteiger partial charge is 0.444 e. The predicted molar refractivity (Wildman–Crippen MR) is 92.9 cm³/mol. The normalized spacial score (nSPS) is 22.8. The predicted octanol–water partition coefficient (Wildman–Crippen LogP) is 4.56. The Labute approximate surface area is 143 Å². The molecule has 1 fully saturated rings. The molecule has 1 aliphatic heterocycles. The van der Waals surface area contributed by atoms with Crippen LogP contribution in [0.3, 0.4) is 0 Å². The molecule has 1 aliphatic carbocycles. The second-order valence-corrected chi connectivity index (χ2v) is 7.99. The smallest absolute Gasteiger partial charge is 0.410 e. The average molecular weight is 330 g/mol. The first-order chi connectivity index (χ1) is 11.3. The summed E-state index contributed by atoms with van der Waals surface area (Å²) in [5.41, 5.74) is 1.93. The van der Waals surface area contributed by atoms with Gasteiger partial charge in [0.05, 0.1) is 0 Å². The summed E-state index contributed by atoms with van der Waals surface area (Å²) in [4.78, 5) is 25.2. The summed E-state index contributed by atoms with van der Waals surface area (Å²) < 4.78 is 5.49. The van der Waals surface area contributed by atoms with Crippen LogP contribution in [-0.2, 0) is 10.2 Å². The standard InChI is InChI=1S/C19H26N2O3/c1-18(2,3)24-17(22)21-12-10-19(11-13-21)9-8-16(20-23)14-6-4-5-7-15(14)19/h4-7,16H,8-13H2,1-3H3. The van der Waals surface area contributed by atoms with Gasteiger partial charge in [0.25, 0.3) is 0 Å². The zero-order chi connectivity index (χ0) is 17.4. The zero-order valence-corrected chi connectivity index (χ0v) is 14.7. The summed E-state index contributed by atoms with van der Waals surface area (Å²) in [6.07, 6.45) is 3.35. The van der Waals surface area contributed by atoms with E-state index < -0.39 is 5.60 Å². The van der Waals surface area contributed by atoms with Crippen molar-refractivity contribution in [3.05, 3.63) is 40.3 Å². The van der Waals surface area contributed by atoms with E-state index in [1.807, 2.05) is 43.9 Å². The number of fused-ring (bicyclic) bond motifs is 2. The van der Waals surface area contributed by atoms with Gasteiger partial charge in [0, 0.05) is 13.1 Å². The van der Waals surface area contributed by atoms with Crippen molar-refractivity contribution in [3.63, 3.8) is 0 Å². The molecule has 0 saturated carbocycles. The van der Waals surface area contributed by atoms with E-state index in [0.717, 1.165) is 31.2 Å². The number of nitroso groups, excluding NO2 is 1. The molecule has 0 N–H and O–H groups in total. The Morgan fingerprint density at radius 1 is 1.21 bits per heavy atom. The van der Waals surface area contributed by atoms with Gasteiger partial charge < -0.3 is 9.64 Å². The van der Waals surface area contributed by atoms with E-state index in [4.69, 9.17) is 4.74 Å². The maximum absolute atomic E-state index is 12.3. The molecule has 5 nitrogen and oxygen atoms in total. The van der Waals surface area contributed by atoms with E-state index in [9.17, 15) is 9.70 Å². The summed E-state index contributed by atoms with van der Waals surface area (Å²) in [5.74, 6) is 0. The van der Waals surface area contributed by atoms with Crippen LogP contribution in [0.4, 0.5) is 4.79 Å². The maximum Gasteiger partial charge on any atom is 0.410 e. The minimum absolute atomic E-state index is 0.0658. The molecule has 1 amide bonds. The van der Waals surface area contributed by atoms with Gasteiger partial charge in [-0.1, -0.05) is 29.4 Å². The Kier molecular flexibility index (Phi) is 4.37. The topological polar surface area (TPSA) is 59.0 Å². The molecule has 1 unspecified atom stereocenters. The Morgan fingerprint density at radius 3 is 2.50 bits per heavy atom. The molecule has 1 atom stereocenters. The van der Waals surface area contributed by atoms with Crippen LogP contribution >= 0.6 is 0 Å². The number of piperidine rings is 1. The highest BCUT2D eigenvalue weighted by atomic mass is 16.6. The fourth-order valence-corrected chi connectivity index (χ4v) is 4.05. The van der Waals surface area contributed by atoms with Gasteiger partial charge >= 0.3 is 6.09 Å². The minimum atomic E-state index is -0.466. The van der Waals surface area contributed by atoms with Gasteiger partial charge in [0.2, 0.25) is 0 Å². The van der Waals surface area contributed by atoms with Crippen molar-refractivity contribution >= 4 is 6.09 Å². The second kappa shape index (κ2) is 6.19. The van der Waals surface area contributed by atoms with Gasteiger partial charge in [0.1, 0.15) is 11.6 Å². The van der Waals surface area contributed by atoms with Crippen molar-refractivity contribution in [1.82, 2.24) is 4.90 Å². The lowest BCUT2D eigenvalue weighted by Crippen LogP contribution is -2.48. The lowest BCUT2D eigenvalue weighted by Gasteiger charge is -2.46. The van der Waals surface area contributed by atoms with Crippen LogP contribution in [0.1, 0.15) is 63.6 Å². The van der Waals surface area contributed by atoms with Gasteiger partial charge in [-0.15, -0.1) is 0 Å². The Hall–Kier alpha value is -1.91. The molecule has 1 aromatic carbocycles. The van der Waals surface area contributed by atoms with Crippen LogP contribution < -0.4 is 0 Å². The van der Waals surface area contributed by atoms with Gasteiger partial charge in [-0.2, -0.15) is 4.91 Å². The monoisotopic (exact) mass is 330 g/mol. The average Bonchev–Trinajstić information content (AvgIpc) is 2.55. The highest BCUT2D eigenvalue weighted by Gasteiger charge is 2.43. The number of amides is 1. The van der Waals surface area contributed by atoms with E-state index >= 15 is 0 Å². The summed E-state index contributed by atoms with van der Waals surface area (Å²) >= 11 is 0. The lowest BCUT2D eigenvalue weighted by molar-refractivity contribution is 0.0152. The molecule has 1 saturated heterocycles. The number of carbonyl (C=O) groups is 1. The summed E-state index contributed by atoms with van der Waals surface area (Å²) in [5, 5.41) is 3.32. The molecule has 1 aromatic rings. The number of hydrogen-bond donors (Lipinski definition) is 0. The molecule has 2 aliphatic rings. The number of nitrogens with zero attached hydrogens (tertiary/aromatic N) is 2. The van der Waals surface area contributed by atoms with E-state index in [1.54, 1.807) is 0 Å². The summed E-state index contributed by atoms with van der Waals surface area (Å²) in [6.45, 7) is 7.06. The molecule has 1 spiro atoms. The van der Waals surface area contributed by atoms with Crippen LogP contribution in [0.15, 0.2) is 29.4 Å². The molecule has 130 valence electrons. The lowest BCUT2D eigenvalue weighted by atomic mass is 9.64. The van der Waals surface area contributed by atoms with Gasteiger partial charge in [0.15, 0.2) is 0 Å². The first kappa shape index (κ1) is 16.9. The van der Waals surface area contributed by atoms with E-state index in [2.05, 4.69) is 11.2 Å². The fraction of sp³-hybridized carbons (Fsp3) is 0.632. The molecule has 5 heteroatoms. The van der Waals surface area contributed by atoms with Crippen molar-refractivity contribution in [2.45, 2.75) is 63.5 Å². The third-order valence-corrected chi connectivity index (χ3v) is 5.29. The van der Waals surface area contributed by atoms with Crippen LogP contribution in [0.5, 0.6) is 0 Å². The van der Waals surface area contributed by atoms with Crippen molar-refractivity contribution in [1.29, 1.82) is 0 Å². The highest BCUT2D eigenvalue weighted by molar-refractivity contribution is 5.68. The second-order valence-electron chi connectivity index (χ2n) is 7.99. The number of carbonyl (C=O) groups excluding carboxylic acids is 1. The molecular weight excluding hydrogens is 304 g/mol. The van der Waals surface area contributed by atoms with Crippen molar-refractivity contribution < 1.29 is 9.53 Å². The fourth-order valence-electron chi connectivity index (χ4n) is 4.05. The van der Waals surface area contributed by atoms with Crippen LogP contribution in [0.25, 0.3) is 0 Å². The first-order valence-electron chi connectivity index (χ1n) is 8.74. The Morgan fingerprint density at radius 2 is 1.88 bits per heavy atom. The van der Waals surface area contributed by atoms with Crippen LogP contribution in [0, 0.1) is 4.91 Å². The minimum Gasteiger partial charge on any atom is -0.444 e. The highest BCUT2D eigenvalue weighted by Crippen LogP contribution is 2.48. The van der Waals surface area contributed by atoms with Crippen molar-refractivity contribution in [3.8, 4) is 0 Å². The van der Waals surface area contributed by atoms with Gasteiger partial charge in [-0.25, -0.2) is 4.79 Å². The van der Waals surface area contributed by atoms with Crippen molar-refractivity contribution in [2.24, 2.45) is 5.18 Å². The molecule has 1 heterocycles. The maximum atomic E-state index is 12.3. The Bertz CT molecular complexity index is 628. The molecule has 3 rings (SSSR count). The van der Waals surface area contributed by atoms with E-state index in [0.29, 0.717) is 13.1 Å². The zero-order valence-electron chi connectivity index (χ0n) is 14.7. The Balaban J connectivity index is 1.76. The first-order valence-corrected chi connectivity index (χ1v) is 8.74. The number of hydrogen-bond acceptors (Lipinski definition) is 4. The summed E-state index contributed by atoms with van der Waals surface area (Å²) in [7, 11) is 0. The van der Waals surface area contributed by atoms with E-state index in [-0.39, 0.29) is 17.6 Å². The number of benzene rings is 1. The van der Waals surface area contributed by atoms with Crippen LogP contribution in [0.2, 0.25) is 0 Å². The quantitative estimate of drug-likeness (QED) is 0.709.